The fourth-order valence-corrected chi connectivity index (χ4v) is 2.93. The van der Waals surface area contributed by atoms with Crippen molar-refractivity contribution in [1.82, 2.24) is 20.2 Å². The standard InChI is InChI=1S/C19H24N4O/c24-19-4-2-17(3-5-19)18-6-10-23(11-7-18)9-1-8-20-12-16-13-21-15-22-14-16/h2-6,13-15,20,24H,1,7-12H2. The van der Waals surface area contributed by atoms with Gasteiger partial charge in [-0.05, 0) is 49.2 Å². The molecule has 1 aromatic heterocycles. The van der Waals surface area contributed by atoms with Crippen LogP contribution in [0.25, 0.3) is 5.57 Å². The maximum atomic E-state index is 9.37. The number of rotatable bonds is 7. The van der Waals surface area contributed by atoms with E-state index in [0.29, 0.717) is 5.75 Å². The summed E-state index contributed by atoms with van der Waals surface area (Å²) in [7, 11) is 0. The Morgan fingerprint density at radius 2 is 1.92 bits per heavy atom. The maximum Gasteiger partial charge on any atom is 0.115 e. The van der Waals surface area contributed by atoms with Crippen LogP contribution in [0.15, 0.2) is 49.1 Å². The van der Waals surface area contributed by atoms with E-state index in [-0.39, 0.29) is 0 Å². The van der Waals surface area contributed by atoms with E-state index in [1.807, 2.05) is 24.5 Å². The van der Waals surface area contributed by atoms with Crippen molar-refractivity contribution in [3.8, 4) is 5.75 Å². The maximum absolute atomic E-state index is 9.37. The summed E-state index contributed by atoms with van der Waals surface area (Å²) < 4.78 is 0. The predicted molar refractivity (Wildman–Crippen MR) is 95.5 cm³/mol. The average molecular weight is 324 g/mol. The van der Waals surface area contributed by atoms with Crippen molar-refractivity contribution in [2.24, 2.45) is 0 Å². The molecule has 126 valence electrons. The monoisotopic (exact) mass is 324 g/mol. The lowest BCUT2D eigenvalue weighted by molar-refractivity contribution is 0.296. The van der Waals surface area contributed by atoms with Crippen molar-refractivity contribution in [3.63, 3.8) is 0 Å². The minimum Gasteiger partial charge on any atom is -0.508 e. The Balaban J connectivity index is 1.35. The Hall–Kier alpha value is -2.24. The zero-order chi connectivity index (χ0) is 16.6. The molecule has 0 bridgehead atoms. The molecule has 0 aliphatic carbocycles. The first-order valence-corrected chi connectivity index (χ1v) is 8.46. The number of hydrogen-bond acceptors (Lipinski definition) is 5. The van der Waals surface area contributed by atoms with Gasteiger partial charge in [-0.2, -0.15) is 0 Å². The minimum absolute atomic E-state index is 0.325. The summed E-state index contributed by atoms with van der Waals surface area (Å²) >= 11 is 0. The fourth-order valence-electron chi connectivity index (χ4n) is 2.93. The molecule has 5 nitrogen and oxygen atoms in total. The quantitative estimate of drug-likeness (QED) is 0.766. The van der Waals surface area contributed by atoms with Crippen molar-refractivity contribution in [3.05, 3.63) is 60.2 Å². The Kier molecular flexibility index (Phi) is 5.93. The second-order valence-electron chi connectivity index (χ2n) is 6.10. The molecule has 0 fully saturated rings. The van der Waals surface area contributed by atoms with Gasteiger partial charge in [0.15, 0.2) is 0 Å². The Morgan fingerprint density at radius 1 is 1.12 bits per heavy atom. The van der Waals surface area contributed by atoms with Crippen LogP contribution in [0.3, 0.4) is 0 Å². The van der Waals surface area contributed by atoms with Crippen LogP contribution in [0.2, 0.25) is 0 Å². The second-order valence-corrected chi connectivity index (χ2v) is 6.10. The molecule has 0 saturated carbocycles. The summed E-state index contributed by atoms with van der Waals surface area (Å²) in [6, 6.07) is 7.50. The van der Waals surface area contributed by atoms with E-state index < -0.39 is 0 Å². The summed E-state index contributed by atoms with van der Waals surface area (Å²) in [6.45, 7) is 5.03. The first kappa shape index (κ1) is 16.6. The number of hydrogen-bond donors (Lipinski definition) is 2. The highest BCUT2D eigenvalue weighted by molar-refractivity contribution is 5.67. The molecule has 0 amide bonds. The first-order chi connectivity index (χ1) is 11.8. The summed E-state index contributed by atoms with van der Waals surface area (Å²) in [6.07, 6.45) is 9.76. The number of phenolic OH excluding ortho intramolecular Hbond substituents is 1. The highest BCUT2D eigenvalue weighted by Gasteiger charge is 2.12. The van der Waals surface area contributed by atoms with Crippen molar-refractivity contribution in [2.75, 3.05) is 26.2 Å². The normalized spacial score (nSPS) is 15.2. The third kappa shape index (κ3) is 4.88. The Labute approximate surface area is 143 Å². The van der Waals surface area contributed by atoms with Crippen molar-refractivity contribution < 1.29 is 5.11 Å². The van der Waals surface area contributed by atoms with Crippen LogP contribution in [0, 0.1) is 0 Å². The number of benzene rings is 1. The lowest BCUT2D eigenvalue weighted by Gasteiger charge is -2.26. The molecule has 1 aliphatic rings. The summed E-state index contributed by atoms with van der Waals surface area (Å²) in [5, 5.41) is 12.8. The van der Waals surface area contributed by atoms with E-state index in [4.69, 9.17) is 0 Å². The largest absolute Gasteiger partial charge is 0.508 e. The number of phenols is 1. The molecule has 2 heterocycles. The fraction of sp³-hybridized carbons (Fsp3) is 0.368. The molecule has 0 spiro atoms. The van der Waals surface area contributed by atoms with Gasteiger partial charge in [0.2, 0.25) is 0 Å². The minimum atomic E-state index is 0.325. The highest BCUT2D eigenvalue weighted by Crippen LogP contribution is 2.23. The van der Waals surface area contributed by atoms with Crippen LogP contribution in [0.1, 0.15) is 24.0 Å². The van der Waals surface area contributed by atoms with Crippen molar-refractivity contribution >= 4 is 5.57 Å². The van der Waals surface area contributed by atoms with Crippen LogP contribution in [0.4, 0.5) is 0 Å². The molecule has 1 aliphatic heterocycles. The van der Waals surface area contributed by atoms with E-state index in [1.54, 1.807) is 18.5 Å². The van der Waals surface area contributed by atoms with Crippen LogP contribution in [0.5, 0.6) is 5.75 Å². The molecule has 5 heteroatoms. The molecular weight excluding hydrogens is 300 g/mol. The Bertz CT molecular complexity index is 655. The highest BCUT2D eigenvalue weighted by atomic mass is 16.3. The van der Waals surface area contributed by atoms with Gasteiger partial charge in [0, 0.05) is 37.6 Å². The van der Waals surface area contributed by atoms with Gasteiger partial charge < -0.3 is 10.4 Å². The molecule has 0 radical (unpaired) electrons. The topological polar surface area (TPSA) is 61.3 Å². The van der Waals surface area contributed by atoms with Crippen molar-refractivity contribution in [2.45, 2.75) is 19.4 Å². The van der Waals surface area contributed by atoms with Gasteiger partial charge in [-0.1, -0.05) is 18.2 Å². The molecular formula is C19H24N4O. The number of nitrogens with zero attached hydrogens (tertiary/aromatic N) is 3. The van der Waals surface area contributed by atoms with Gasteiger partial charge in [0.25, 0.3) is 0 Å². The predicted octanol–water partition coefficient (Wildman–Crippen LogP) is 2.45. The summed E-state index contributed by atoms with van der Waals surface area (Å²) in [5.41, 5.74) is 3.73. The van der Waals surface area contributed by atoms with Gasteiger partial charge in [0.1, 0.15) is 12.1 Å². The molecule has 0 saturated heterocycles. The van der Waals surface area contributed by atoms with E-state index in [2.05, 4.69) is 26.3 Å². The molecule has 24 heavy (non-hydrogen) atoms. The van der Waals surface area contributed by atoms with Gasteiger partial charge >= 0.3 is 0 Å². The summed E-state index contributed by atoms with van der Waals surface area (Å²) in [4.78, 5) is 10.5. The number of nitrogens with one attached hydrogen (secondary N) is 1. The Morgan fingerprint density at radius 3 is 2.62 bits per heavy atom. The van der Waals surface area contributed by atoms with Crippen LogP contribution in [-0.4, -0.2) is 46.2 Å². The van der Waals surface area contributed by atoms with Crippen LogP contribution < -0.4 is 5.32 Å². The van der Waals surface area contributed by atoms with Crippen molar-refractivity contribution in [1.29, 1.82) is 0 Å². The molecule has 0 atom stereocenters. The van der Waals surface area contributed by atoms with E-state index >= 15 is 0 Å². The zero-order valence-corrected chi connectivity index (χ0v) is 13.9. The average Bonchev–Trinajstić information content (AvgIpc) is 2.64. The van der Waals surface area contributed by atoms with Crippen LogP contribution in [-0.2, 0) is 6.54 Å². The third-order valence-corrected chi connectivity index (χ3v) is 4.30. The van der Waals surface area contributed by atoms with Gasteiger partial charge in [-0.15, -0.1) is 0 Å². The third-order valence-electron chi connectivity index (χ3n) is 4.30. The molecule has 2 aromatic rings. The smallest absolute Gasteiger partial charge is 0.115 e. The number of aromatic nitrogens is 2. The summed E-state index contributed by atoms with van der Waals surface area (Å²) in [5.74, 6) is 0.325. The zero-order valence-electron chi connectivity index (χ0n) is 13.9. The van der Waals surface area contributed by atoms with Gasteiger partial charge in [-0.3, -0.25) is 4.90 Å². The lowest BCUT2D eigenvalue weighted by Crippen LogP contribution is -2.31. The van der Waals surface area contributed by atoms with E-state index in [1.165, 1.54) is 11.1 Å². The second kappa shape index (κ2) is 8.57. The SMILES string of the molecule is Oc1ccc(C2=CCN(CCCNCc3cncnc3)CC2)cc1. The van der Waals surface area contributed by atoms with Gasteiger partial charge in [0.05, 0.1) is 0 Å². The molecule has 2 N–H and O–H groups in total. The lowest BCUT2D eigenvalue weighted by atomic mass is 9.99. The molecule has 1 aromatic carbocycles. The van der Waals surface area contributed by atoms with E-state index in [0.717, 1.165) is 51.1 Å². The molecule has 0 unspecified atom stereocenters. The van der Waals surface area contributed by atoms with E-state index in [9.17, 15) is 5.11 Å². The molecule has 3 rings (SSSR count). The number of aromatic hydroxyl groups is 1. The van der Waals surface area contributed by atoms with Gasteiger partial charge in [-0.25, -0.2) is 9.97 Å². The van der Waals surface area contributed by atoms with Crippen LogP contribution >= 0.6 is 0 Å². The first-order valence-electron chi connectivity index (χ1n) is 8.46.